The molecule has 0 spiro atoms. The normalized spacial score (nSPS) is 10.7. The van der Waals surface area contributed by atoms with E-state index in [1.54, 1.807) is 0 Å². The van der Waals surface area contributed by atoms with Gasteiger partial charge in [-0.25, -0.2) is 4.98 Å². The molecule has 1 amide bonds. The van der Waals surface area contributed by atoms with Crippen molar-refractivity contribution in [2.45, 2.75) is 44.0 Å². The van der Waals surface area contributed by atoms with E-state index in [-0.39, 0.29) is 17.9 Å². The maximum absolute atomic E-state index is 12.5. The van der Waals surface area contributed by atoms with Gasteiger partial charge in [0.15, 0.2) is 5.16 Å². The number of anilines is 1. The third-order valence-electron chi connectivity index (χ3n) is 4.69. The molecule has 0 saturated carbocycles. The summed E-state index contributed by atoms with van der Waals surface area (Å²) >= 11 is 1.49. The molecule has 3 aromatic rings. The zero-order valence-corrected chi connectivity index (χ0v) is 17.5. The predicted octanol–water partition coefficient (Wildman–Crippen LogP) is 4.50. The van der Waals surface area contributed by atoms with Crippen LogP contribution in [0.25, 0.3) is 0 Å². The zero-order valence-electron chi connectivity index (χ0n) is 16.7. The molecule has 5 nitrogen and oxygen atoms in total. The highest BCUT2D eigenvalue weighted by Gasteiger charge is 2.12. The molecule has 6 heteroatoms. The van der Waals surface area contributed by atoms with Crippen molar-refractivity contribution < 1.29 is 4.79 Å². The highest BCUT2D eigenvalue weighted by molar-refractivity contribution is 7.98. The van der Waals surface area contributed by atoms with Crippen molar-refractivity contribution in [2.24, 2.45) is 0 Å². The van der Waals surface area contributed by atoms with Crippen molar-refractivity contribution in [1.82, 2.24) is 9.97 Å². The molecule has 0 radical (unpaired) electrons. The van der Waals surface area contributed by atoms with E-state index in [2.05, 4.69) is 22.2 Å². The van der Waals surface area contributed by atoms with E-state index in [0.717, 1.165) is 23.4 Å². The molecule has 3 rings (SSSR count). The standard InChI is InChI=1S/C23H25N3O2S/c1-3-18-11-7-8-12-20(18)25-21(27)14-13-19-16(2)24-23(26-22(19)28)29-15-17-9-5-4-6-10-17/h4-12H,3,13-15H2,1-2H3,(H,25,27)(H,24,26,28). The number of hydrogen-bond acceptors (Lipinski definition) is 4. The molecule has 0 bridgehead atoms. The van der Waals surface area contributed by atoms with Crippen molar-refractivity contribution in [3.05, 3.63) is 87.3 Å². The molecule has 0 aliphatic carbocycles. The Morgan fingerprint density at radius 2 is 1.83 bits per heavy atom. The van der Waals surface area contributed by atoms with Gasteiger partial charge >= 0.3 is 0 Å². The number of carbonyl (C=O) groups excluding carboxylic acids is 1. The fraction of sp³-hybridized carbons (Fsp3) is 0.261. The number of rotatable bonds is 8. The van der Waals surface area contributed by atoms with Gasteiger partial charge in [0, 0.05) is 29.1 Å². The van der Waals surface area contributed by atoms with Gasteiger partial charge in [-0.3, -0.25) is 9.59 Å². The number of H-pyrrole nitrogens is 1. The monoisotopic (exact) mass is 407 g/mol. The van der Waals surface area contributed by atoms with Crippen molar-refractivity contribution in [1.29, 1.82) is 0 Å². The number of para-hydroxylation sites is 1. The number of amides is 1. The second kappa shape index (κ2) is 10.1. The first-order valence-corrected chi connectivity index (χ1v) is 10.7. The van der Waals surface area contributed by atoms with Crippen LogP contribution in [-0.4, -0.2) is 15.9 Å². The lowest BCUT2D eigenvalue weighted by Gasteiger charge is -2.10. The number of hydrogen-bond donors (Lipinski definition) is 2. The highest BCUT2D eigenvalue weighted by Crippen LogP contribution is 2.19. The van der Waals surface area contributed by atoms with E-state index < -0.39 is 0 Å². The summed E-state index contributed by atoms with van der Waals surface area (Å²) in [4.78, 5) is 32.2. The second-order valence-electron chi connectivity index (χ2n) is 6.77. The van der Waals surface area contributed by atoms with E-state index in [9.17, 15) is 9.59 Å². The Kier molecular flexibility index (Phi) is 7.25. The van der Waals surface area contributed by atoms with E-state index in [4.69, 9.17) is 0 Å². The number of carbonyl (C=O) groups is 1. The lowest BCUT2D eigenvalue weighted by atomic mass is 10.1. The van der Waals surface area contributed by atoms with Crippen LogP contribution < -0.4 is 10.9 Å². The zero-order chi connectivity index (χ0) is 20.6. The van der Waals surface area contributed by atoms with E-state index >= 15 is 0 Å². The summed E-state index contributed by atoms with van der Waals surface area (Å²) in [6, 6.07) is 17.8. The predicted molar refractivity (Wildman–Crippen MR) is 118 cm³/mol. The van der Waals surface area contributed by atoms with Crippen LogP contribution in [-0.2, 0) is 23.4 Å². The smallest absolute Gasteiger partial charge is 0.254 e. The largest absolute Gasteiger partial charge is 0.326 e. The van der Waals surface area contributed by atoms with Crippen molar-refractivity contribution in [3.63, 3.8) is 0 Å². The first kappa shape index (κ1) is 20.9. The van der Waals surface area contributed by atoms with Crippen molar-refractivity contribution >= 4 is 23.4 Å². The first-order chi connectivity index (χ1) is 14.1. The number of aromatic amines is 1. The molecule has 29 heavy (non-hydrogen) atoms. The third-order valence-corrected chi connectivity index (χ3v) is 5.64. The molecule has 0 fully saturated rings. The molecular weight excluding hydrogens is 382 g/mol. The average Bonchev–Trinajstić information content (AvgIpc) is 2.73. The van der Waals surface area contributed by atoms with Crippen LogP contribution in [0.3, 0.4) is 0 Å². The van der Waals surface area contributed by atoms with Crippen LogP contribution in [0.4, 0.5) is 5.69 Å². The van der Waals surface area contributed by atoms with Gasteiger partial charge in [0.1, 0.15) is 0 Å². The Labute approximate surface area is 175 Å². The van der Waals surface area contributed by atoms with E-state index in [1.807, 2.05) is 61.5 Å². The van der Waals surface area contributed by atoms with Crippen LogP contribution in [0.1, 0.15) is 35.7 Å². The summed E-state index contributed by atoms with van der Waals surface area (Å²) in [6.07, 6.45) is 1.44. The first-order valence-electron chi connectivity index (χ1n) is 9.71. The van der Waals surface area contributed by atoms with Gasteiger partial charge in [0.2, 0.25) is 5.91 Å². The number of nitrogens with zero attached hydrogens (tertiary/aromatic N) is 1. The van der Waals surface area contributed by atoms with Gasteiger partial charge in [0.25, 0.3) is 5.56 Å². The average molecular weight is 408 g/mol. The fourth-order valence-corrected chi connectivity index (χ4v) is 3.94. The molecule has 1 heterocycles. The molecule has 0 saturated heterocycles. The van der Waals surface area contributed by atoms with Crippen LogP contribution in [0, 0.1) is 6.92 Å². The molecule has 150 valence electrons. The Morgan fingerprint density at radius 3 is 2.55 bits per heavy atom. The fourth-order valence-electron chi connectivity index (χ4n) is 3.08. The van der Waals surface area contributed by atoms with E-state index in [0.29, 0.717) is 22.8 Å². The molecule has 0 aliphatic rings. The number of aryl methyl sites for hydroxylation is 2. The summed E-state index contributed by atoms with van der Waals surface area (Å²) in [7, 11) is 0. The molecule has 0 unspecified atom stereocenters. The number of nitrogens with one attached hydrogen (secondary N) is 2. The number of thioether (sulfide) groups is 1. The lowest BCUT2D eigenvalue weighted by Crippen LogP contribution is -2.20. The summed E-state index contributed by atoms with van der Waals surface area (Å²) in [5, 5.41) is 3.54. The topological polar surface area (TPSA) is 74.8 Å². The Hall–Kier alpha value is -2.86. The van der Waals surface area contributed by atoms with Gasteiger partial charge in [0.05, 0.1) is 0 Å². The molecule has 1 aromatic heterocycles. The lowest BCUT2D eigenvalue weighted by molar-refractivity contribution is -0.116. The van der Waals surface area contributed by atoms with Gasteiger partial charge in [-0.1, -0.05) is 67.2 Å². The van der Waals surface area contributed by atoms with Crippen LogP contribution in [0.15, 0.2) is 64.5 Å². The maximum Gasteiger partial charge on any atom is 0.254 e. The van der Waals surface area contributed by atoms with Gasteiger partial charge < -0.3 is 10.3 Å². The molecule has 2 aromatic carbocycles. The summed E-state index contributed by atoms with van der Waals surface area (Å²) < 4.78 is 0. The molecule has 0 aliphatic heterocycles. The minimum Gasteiger partial charge on any atom is -0.326 e. The van der Waals surface area contributed by atoms with Gasteiger partial charge in [-0.05, 0) is 37.0 Å². The van der Waals surface area contributed by atoms with E-state index in [1.165, 1.54) is 17.3 Å². The minimum absolute atomic E-state index is 0.104. The Morgan fingerprint density at radius 1 is 1.10 bits per heavy atom. The molecule has 2 N–H and O–H groups in total. The third kappa shape index (κ3) is 5.81. The van der Waals surface area contributed by atoms with Crippen LogP contribution >= 0.6 is 11.8 Å². The Balaban J connectivity index is 1.60. The summed E-state index contributed by atoms with van der Waals surface area (Å²) in [6.45, 7) is 3.87. The van der Waals surface area contributed by atoms with Gasteiger partial charge in [-0.2, -0.15) is 0 Å². The Bertz CT molecular complexity index is 1030. The molecular formula is C23H25N3O2S. The van der Waals surface area contributed by atoms with Crippen molar-refractivity contribution in [3.8, 4) is 0 Å². The quantitative estimate of drug-likeness (QED) is 0.426. The van der Waals surface area contributed by atoms with Gasteiger partial charge in [-0.15, -0.1) is 0 Å². The SMILES string of the molecule is CCc1ccccc1NC(=O)CCc1c(C)nc(SCc2ccccc2)[nH]c1=O. The van der Waals surface area contributed by atoms with Crippen LogP contribution in [0.2, 0.25) is 0 Å². The number of aromatic nitrogens is 2. The summed E-state index contributed by atoms with van der Waals surface area (Å²) in [5.74, 6) is 0.633. The minimum atomic E-state index is -0.171. The highest BCUT2D eigenvalue weighted by atomic mass is 32.2. The van der Waals surface area contributed by atoms with Crippen LogP contribution in [0.5, 0.6) is 0 Å². The maximum atomic E-state index is 12.5. The number of benzene rings is 2. The summed E-state index contributed by atoms with van der Waals surface area (Å²) in [5.41, 5.74) is 4.16. The van der Waals surface area contributed by atoms with Crippen molar-refractivity contribution in [2.75, 3.05) is 5.32 Å². The molecule has 0 atom stereocenters. The second-order valence-corrected chi connectivity index (χ2v) is 7.73.